The molecule has 3 atom stereocenters. The lowest BCUT2D eigenvalue weighted by Crippen LogP contribution is -2.50. The summed E-state index contributed by atoms with van der Waals surface area (Å²) in [7, 11) is 0. The fourth-order valence-electron chi connectivity index (χ4n) is 1.98. The summed E-state index contributed by atoms with van der Waals surface area (Å²) < 4.78 is 0. The molecule has 1 aromatic rings. The van der Waals surface area contributed by atoms with Gasteiger partial charge in [-0.1, -0.05) is 31.9 Å². The van der Waals surface area contributed by atoms with E-state index >= 15 is 0 Å². The molecule has 1 aromatic carbocycles. The molecule has 3 unspecified atom stereocenters. The Kier molecular flexibility index (Phi) is 7.03. The molecule has 1 rings (SSSR count). The van der Waals surface area contributed by atoms with Gasteiger partial charge in [0.25, 0.3) is 5.91 Å². The highest BCUT2D eigenvalue weighted by molar-refractivity contribution is 6.30. The van der Waals surface area contributed by atoms with E-state index in [1.54, 1.807) is 38.1 Å². The molecular formula is C17H25ClN2O3. The van der Waals surface area contributed by atoms with E-state index in [-0.39, 0.29) is 24.3 Å². The average molecular weight is 341 g/mol. The third-order valence-electron chi connectivity index (χ3n) is 4.14. The zero-order valence-electron chi connectivity index (χ0n) is 14.0. The first-order chi connectivity index (χ1) is 10.7. The van der Waals surface area contributed by atoms with Crippen LogP contribution in [0, 0.1) is 5.92 Å². The predicted octanol–water partition coefficient (Wildman–Crippen LogP) is 2.37. The molecule has 0 aromatic heterocycles. The highest BCUT2D eigenvalue weighted by Crippen LogP contribution is 2.18. The van der Waals surface area contributed by atoms with E-state index in [0.29, 0.717) is 10.6 Å². The third kappa shape index (κ3) is 5.84. The number of benzene rings is 1. The van der Waals surface area contributed by atoms with Crippen LogP contribution in [0.3, 0.4) is 0 Å². The second kappa shape index (κ2) is 8.31. The zero-order chi connectivity index (χ0) is 17.6. The number of hydrogen-bond donors (Lipinski definition) is 3. The van der Waals surface area contributed by atoms with Gasteiger partial charge in [-0.15, -0.1) is 0 Å². The Balaban J connectivity index is 2.54. The van der Waals surface area contributed by atoms with Crippen LogP contribution in [0.15, 0.2) is 24.3 Å². The van der Waals surface area contributed by atoms with E-state index in [4.69, 9.17) is 11.6 Å². The summed E-state index contributed by atoms with van der Waals surface area (Å²) in [5, 5.41) is 16.1. The van der Waals surface area contributed by atoms with Crippen molar-refractivity contribution in [1.29, 1.82) is 0 Å². The Morgan fingerprint density at radius 1 is 1.26 bits per heavy atom. The Bertz CT molecular complexity index is 543. The average Bonchev–Trinajstić information content (AvgIpc) is 2.52. The van der Waals surface area contributed by atoms with Crippen molar-refractivity contribution in [3.63, 3.8) is 0 Å². The van der Waals surface area contributed by atoms with Crippen LogP contribution in [-0.4, -0.2) is 35.1 Å². The number of carbonyl (C=O) groups is 2. The van der Waals surface area contributed by atoms with Gasteiger partial charge >= 0.3 is 0 Å². The largest absolute Gasteiger partial charge is 0.388 e. The summed E-state index contributed by atoms with van der Waals surface area (Å²) in [5.74, 6) is -0.629. The molecule has 23 heavy (non-hydrogen) atoms. The molecule has 0 saturated carbocycles. The quantitative estimate of drug-likeness (QED) is 0.713. The third-order valence-corrected chi connectivity index (χ3v) is 4.39. The summed E-state index contributed by atoms with van der Waals surface area (Å²) in [4.78, 5) is 24.1. The smallest absolute Gasteiger partial charge is 0.251 e. The molecule has 0 heterocycles. The first-order valence-corrected chi connectivity index (χ1v) is 8.11. The molecule has 5 nitrogen and oxygen atoms in total. The highest BCUT2D eigenvalue weighted by atomic mass is 35.5. The lowest BCUT2D eigenvalue weighted by atomic mass is 9.88. The number of nitrogens with one attached hydrogen (secondary N) is 2. The first-order valence-electron chi connectivity index (χ1n) is 7.74. The van der Waals surface area contributed by atoms with E-state index < -0.39 is 11.6 Å². The van der Waals surface area contributed by atoms with Gasteiger partial charge in [0.2, 0.25) is 5.91 Å². The number of aliphatic hydroxyl groups is 1. The Morgan fingerprint density at radius 3 is 2.35 bits per heavy atom. The summed E-state index contributed by atoms with van der Waals surface area (Å²) in [6.07, 6.45) is 0.811. The molecule has 0 fully saturated rings. The van der Waals surface area contributed by atoms with Crippen LogP contribution < -0.4 is 10.6 Å². The SMILES string of the molecule is CCC(C)C(C)(O)CNC(=O)C(C)NC(=O)c1ccc(Cl)cc1. The van der Waals surface area contributed by atoms with Gasteiger partial charge in [-0.25, -0.2) is 0 Å². The summed E-state index contributed by atoms with van der Waals surface area (Å²) in [5.41, 5.74) is -0.551. The van der Waals surface area contributed by atoms with Crippen molar-refractivity contribution in [3.8, 4) is 0 Å². The second-order valence-corrected chi connectivity index (χ2v) is 6.52. The maximum atomic E-state index is 12.1. The molecule has 0 aliphatic carbocycles. The van der Waals surface area contributed by atoms with Crippen LogP contribution in [-0.2, 0) is 4.79 Å². The van der Waals surface area contributed by atoms with E-state index in [0.717, 1.165) is 6.42 Å². The van der Waals surface area contributed by atoms with Gasteiger partial charge in [0.1, 0.15) is 6.04 Å². The van der Waals surface area contributed by atoms with Crippen molar-refractivity contribution >= 4 is 23.4 Å². The molecule has 0 aliphatic rings. The zero-order valence-corrected chi connectivity index (χ0v) is 14.8. The van der Waals surface area contributed by atoms with Crippen molar-refractivity contribution < 1.29 is 14.7 Å². The maximum absolute atomic E-state index is 12.1. The number of hydrogen-bond acceptors (Lipinski definition) is 3. The lowest BCUT2D eigenvalue weighted by Gasteiger charge is -2.30. The fourth-order valence-corrected chi connectivity index (χ4v) is 2.11. The van der Waals surface area contributed by atoms with Crippen molar-refractivity contribution in [2.75, 3.05) is 6.54 Å². The highest BCUT2D eigenvalue weighted by Gasteiger charge is 2.28. The lowest BCUT2D eigenvalue weighted by molar-refractivity contribution is -0.124. The second-order valence-electron chi connectivity index (χ2n) is 6.09. The van der Waals surface area contributed by atoms with Crippen LogP contribution in [0.2, 0.25) is 5.02 Å². The van der Waals surface area contributed by atoms with Crippen LogP contribution >= 0.6 is 11.6 Å². The molecule has 0 spiro atoms. The molecule has 3 N–H and O–H groups in total. The van der Waals surface area contributed by atoms with Gasteiger partial charge < -0.3 is 15.7 Å². The minimum absolute atomic E-state index is 0.0572. The van der Waals surface area contributed by atoms with Gasteiger partial charge in [-0.2, -0.15) is 0 Å². The van der Waals surface area contributed by atoms with Crippen molar-refractivity contribution in [2.24, 2.45) is 5.92 Å². The maximum Gasteiger partial charge on any atom is 0.251 e. The summed E-state index contributed by atoms with van der Waals surface area (Å²) >= 11 is 5.77. The number of rotatable bonds is 7. The molecule has 0 radical (unpaired) electrons. The van der Waals surface area contributed by atoms with Gasteiger partial charge in [-0.05, 0) is 44.0 Å². The molecule has 0 aliphatic heterocycles. The molecule has 0 saturated heterocycles. The minimum Gasteiger partial charge on any atom is -0.388 e. The molecule has 6 heteroatoms. The van der Waals surface area contributed by atoms with Crippen molar-refractivity contribution in [2.45, 2.75) is 45.8 Å². The fraction of sp³-hybridized carbons (Fsp3) is 0.529. The Morgan fingerprint density at radius 2 is 1.83 bits per heavy atom. The minimum atomic E-state index is -0.982. The summed E-state index contributed by atoms with van der Waals surface area (Å²) in [6, 6.07) is 5.71. The molecule has 0 bridgehead atoms. The van der Waals surface area contributed by atoms with E-state index in [1.165, 1.54) is 0 Å². The van der Waals surface area contributed by atoms with E-state index in [1.807, 2.05) is 13.8 Å². The van der Waals surface area contributed by atoms with Crippen molar-refractivity contribution in [3.05, 3.63) is 34.9 Å². The normalized spacial score (nSPS) is 16.1. The number of carbonyl (C=O) groups excluding carboxylic acids is 2. The number of amides is 2. The monoisotopic (exact) mass is 340 g/mol. The first kappa shape index (κ1) is 19.5. The number of halogens is 1. The van der Waals surface area contributed by atoms with Crippen LogP contribution in [0.25, 0.3) is 0 Å². The van der Waals surface area contributed by atoms with Gasteiger partial charge in [-0.3, -0.25) is 9.59 Å². The van der Waals surface area contributed by atoms with E-state index in [2.05, 4.69) is 10.6 Å². The van der Waals surface area contributed by atoms with Gasteiger partial charge in [0, 0.05) is 17.1 Å². The Hall–Kier alpha value is -1.59. The molecular weight excluding hydrogens is 316 g/mol. The molecule has 2 amide bonds. The van der Waals surface area contributed by atoms with Crippen molar-refractivity contribution in [1.82, 2.24) is 10.6 Å². The van der Waals surface area contributed by atoms with Crippen LogP contribution in [0.4, 0.5) is 0 Å². The topological polar surface area (TPSA) is 78.4 Å². The van der Waals surface area contributed by atoms with Crippen LogP contribution in [0.1, 0.15) is 44.5 Å². The van der Waals surface area contributed by atoms with Gasteiger partial charge in [0.05, 0.1) is 5.60 Å². The van der Waals surface area contributed by atoms with Gasteiger partial charge in [0.15, 0.2) is 0 Å². The molecule has 128 valence electrons. The predicted molar refractivity (Wildman–Crippen MR) is 91.5 cm³/mol. The Labute approximate surface area is 142 Å². The standard InChI is InChI=1S/C17H25ClN2O3/c1-5-11(2)17(4,23)10-19-15(21)12(3)20-16(22)13-6-8-14(18)9-7-13/h6-9,11-12,23H,5,10H2,1-4H3,(H,19,21)(H,20,22). The summed E-state index contributed by atoms with van der Waals surface area (Å²) in [6.45, 7) is 7.34. The van der Waals surface area contributed by atoms with E-state index in [9.17, 15) is 14.7 Å². The van der Waals surface area contributed by atoms with Crippen LogP contribution in [0.5, 0.6) is 0 Å².